The first-order valence-electron chi connectivity index (χ1n) is 10.7. The summed E-state index contributed by atoms with van der Waals surface area (Å²) < 4.78 is 0.827. The zero-order chi connectivity index (χ0) is 21.3. The van der Waals surface area contributed by atoms with Gasteiger partial charge in [0.15, 0.2) is 0 Å². The molecule has 2 aliphatic carbocycles. The minimum absolute atomic E-state index is 0.413. The third-order valence-corrected chi connectivity index (χ3v) is 7.28. The maximum atomic E-state index is 5.00. The van der Waals surface area contributed by atoms with E-state index < -0.39 is 5.41 Å². The van der Waals surface area contributed by atoms with E-state index >= 15 is 0 Å². The third-order valence-electron chi connectivity index (χ3n) is 6.84. The van der Waals surface area contributed by atoms with Crippen LogP contribution in [0.25, 0.3) is 33.6 Å². The fraction of sp³-hybridized carbons (Fsp3) is 0.0345. The first-order valence-corrected chi connectivity index (χ1v) is 11.5. The molecule has 0 aliphatic heterocycles. The molecule has 1 spiro atoms. The van der Waals surface area contributed by atoms with Gasteiger partial charge in [0.2, 0.25) is 0 Å². The summed E-state index contributed by atoms with van der Waals surface area (Å²) >= 11 is 3.59. The molecule has 5 aromatic rings. The topological polar surface area (TPSA) is 25.8 Å². The number of benzene rings is 3. The van der Waals surface area contributed by atoms with Gasteiger partial charge in [0.25, 0.3) is 0 Å². The molecule has 7 rings (SSSR count). The quantitative estimate of drug-likeness (QED) is 0.235. The van der Waals surface area contributed by atoms with E-state index in [1.54, 1.807) is 0 Å². The molecule has 0 N–H and O–H groups in total. The molecule has 150 valence electrons. The summed E-state index contributed by atoms with van der Waals surface area (Å²) in [5.41, 5.74) is 11.4. The Labute approximate surface area is 194 Å². The van der Waals surface area contributed by atoms with E-state index in [4.69, 9.17) is 9.97 Å². The van der Waals surface area contributed by atoms with Crippen LogP contribution in [0.5, 0.6) is 0 Å². The second-order valence-electron chi connectivity index (χ2n) is 8.36. The third kappa shape index (κ3) is 2.19. The molecule has 3 aromatic carbocycles. The smallest absolute Gasteiger partial charge is 0.106 e. The van der Waals surface area contributed by atoms with Gasteiger partial charge in [-0.1, -0.05) is 84.9 Å². The van der Waals surface area contributed by atoms with Crippen molar-refractivity contribution in [3.63, 3.8) is 0 Å². The zero-order valence-electron chi connectivity index (χ0n) is 17.1. The molecule has 32 heavy (non-hydrogen) atoms. The zero-order valence-corrected chi connectivity index (χ0v) is 18.7. The van der Waals surface area contributed by atoms with Crippen molar-refractivity contribution in [1.29, 1.82) is 0 Å². The Morgan fingerprint density at radius 1 is 0.562 bits per heavy atom. The highest BCUT2D eigenvalue weighted by atomic mass is 79.9. The van der Waals surface area contributed by atoms with Crippen LogP contribution >= 0.6 is 15.9 Å². The number of pyridine rings is 2. The largest absolute Gasteiger partial charge is 0.254 e. The molecule has 0 saturated carbocycles. The number of aromatic nitrogens is 2. The highest BCUT2D eigenvalue weighted by Crippen LogP contribution is 2.62. The lowest BCUT2D eigenvalue weighted by Crippen LogP contribution is -2.26. The Morgan fingerprint density at radius 2 is 1.22 bits per heavy atom. The summed E-state index contributed by atoms with van der Waals surface area (Å²) in [5.74, 6) is 0. The van der Waals surface area contributed by atoms with E-state index in [0.717, 1.165) is 21.6 Å². The van der Waals surface area contributed by atoms with E-state index in [0.29, 0.717) is 0 Å². The molecular formula is C29H17BrN2. The number of fused-ring (bicyclic) bond motifs is 10. The first kappa shape index (κ1) is 18.1. The number of halogens is 1. The van der Waals surface area contributed by atoms with Crippen molar-refractivity contribution in [1.82, 2.24) is 9.97 Å². The number of nitrogens with zero attached hydrogens (tertiary/aromatic N) is 2. The average molecular weight is 473 g/mol. The summed E-state index contributed by atoms with van der Waals surface area (Å²) in [6.45, 7) is 0. The molecule has 2 nitrogen and oxygen atoms in total. The molecular weight excluding hydrogens is 456 g/mol. The summed E-state index contributed by atoms with van der Waals surface area (Å²) in [4.78, 5) is 9.92. The Balaban J connectivity index is 1.65. The lowest BCUT2D eigenvalue weighted by Gasteiger charge is -2.30. The van der Waals surface area contributed by atoms with Crippen LogP contribution < -0.4 is 0 Å². The SMILES string of the molecule is Brc1ccc2c(n1)-c1ncc(-c3ccccc3)cc1C21c2ccccc2-c2ccccc21. The van der Waals surface area contributed by atoms with Crippen LogP contribution in [0.4, 0.5) is 0 Å². The van der Waals surface area contributed by atoms with Crippen LogP contribution in [0, 0.1) is 0 Å². The van der Waals surface area contributed by atoms with E-state index in [-0.39, 0.29) is 0 Å². The predicted octanol–water partition coefficient (Wildman–Crippen LogP) is 7.25. The molecule has 0 radical (unpaired) electrons. The molecule has 3 heteroatoms. The van der Waals surface area contributed by atoms with Crippen molar-refractivity contribution in [2.24, 2.45) is 0 Å². The lowest BCUT2D eigenvalue weighted by molar-refractivity contribution is 0.789. The Kier molecular flexibility index (Phi) is 3.65. The minimum atomic E-state index is -0.413. The summed E-state index contributed by atoms with van der Waals surface area (Å²) in [5, 5.41) is 0. The van der Waals surface area contributed by atoms with Gasteiger partial charge < -0.3 is 0 Å². The van der Waals surface area contributed by atoms with E-state index in [2.05, 4.69) is 101 Å². The van der Waals surface area contributed by atoms with Gasteiger partial charge in [-0.2, -0.15) is 0 Å². The van der Waals surface area contributed by atoms with Crippen molar-refractivity contribution < 1.29 is 0 Å². The van der Waals surface area contributed by atoms with Crippen LogP contribution in [-0.2, 0) is 5.41 Å². The predicted molar refractivity (Wildman–Crippen MR) is 131 cm³/mol. The van der Waals surface area contributed by atoms with Gasteiger partial charge in [0.1, 0.15) is 4.60 Å². The second kappa shape index (κ2) is 6.47. The monoisotopic (exact) mass is 472 g/mol. The summed E-state index contributed by atoms with van der Waals surface area (Å²) in [6, 6.07) is 34.6. The van der Waals surface area contributed by atoms with Crippen LogP contribution in [-0.4, -0.2) is 9.97 Å². The highest BCUT2D eigenvalue weighted by molar-refractivity contribution is 9.10. The van der Waals surface area contributed by atoms with Crippen LogP contribution in [0.1, 0.15) is 22.3 Å². The van der Waals surface area contributed by atoms with E-state index in [1.807, 2.05) is 18.3 Å². The molecule has 2 heterocycles. The minimum Gasteiger partial charge on any atom is -0.254 e. The van der Waals surface area contributed by atoms with Crippen molar-refractivity contribution in [3.05, 3.63) is 130 Å². The Morgan fingerprint density at radius 3 is 1.94 bits per heavy atom. The lowest BCUT2D eigenvalue weighted by atomic mass is 9.71. The number of rotatable bonds is 1. The molecule has 2 aliphatic rings. The normalized spacial score (nSPS) is 14.0. The summed E-state index contributed by atoms with van der Waals surface area (Å²) in [6.07, 6.45) is 1.98. The average Bonchev–Trinajstić information content (AvgIpc) is 3.31. The number of hydrogen-bond donors (Lipinski definition) is 0. The maximum absolute atomic E-state index is 5.00. The molecule has 0 saturated heterocycles. The second-order valence-corrected chi connectivity index (χ2v) is 9.17. The van der Waals surface area contributed by atoms with Gasteiger partial charge in [-0.15, -0.1) is 0 Å². The van der Waals surface area contributed by atoms with Crippen LogP contribution in [0.3, 0.4) is 0 Å². The Bertz CT molecular complexity index is 1490. The fourth-order valence-electron chi connectivity index (χ4n) is 5.61. The maximum Gasteiger partial charge on any atom is 0.106 e. The van der Waals surface area contributed by atoms with Crippen molar-refractivity contribution >= 4 is 15.9 Å². The molecule has 0 bridgehead atoms. The van der Waals surface area contributed by atoms with Gasteiger partial charge >= 0.3 is 0 Å². The highest BCUT2D eigenvalue weighted by Gasteiger charge is 2.52. The number of hydrogen-bond acceptors (Lipinski definition) is 2. The first-order chi connectivity index (χ1) is 15.8. The molecule has 0 amide bonds. The standard InChI is InChI=1S/C29H17BrN2/c30-26-15-14-24-28(32-26)27-25(16-19(17-31-27)18-8-2-1-3-9-18)29(24)22-12-6-4-10-20(22)21-11-5-7-13-23(21)29/h1-17H. The molecule has 0 unspecified atom stereocenters. The van der Waals surface area contributed by atoms with Gasteiger partial charge in [0.05, 0.1) is 16.8 Å². The fourth-order valence-corrected chi connectivity index (χ4v) is 5.92. The van der Waals surface area contributed by atoms with Gasteiger partial charge in [-0.3, -0.25) is 4.98 Å². The van der Waals surface area contributed by atoms with Crippen molar-refractivity contribution in [3.8, 4) is 33.6 Å². The van der Waals surface area contributed by atoms with E-state index in [1.165, 1.54) is 38.9 Å². The summed E-state index contributed by atoms with van der Waals surface area (Å²) in [7, 11) is 0. The van der Waals surface area contributed by atoms with Crippen LogP contribution in [0.2, 0.25) is 0 Å². The van der Waals surface area contributed by atoms with Crippen LogP contribution in [0.15, 0.2) is 108 Å². The van der Waals surface area contributed by atoms with Crippen molar-refractivity contribution in [2.45, 2.75) is 5.41 Å². The van der Waals surface area contributed by atoms with Gasteiger partial charge in [0, 0.05) is 17.3 Å². The van der Waals surface area contributed by atoms with Gasteiger partial charge in [-0.25, -0.2) is 4.98 Å². The molecule has 0 fully saturated rings. The van der Waals surface area contributed by atoms with Crippen molar-refractivity contribution in [2.75, 3.05) is 0 Å². The van der Waals surface area contributed by atoms with Gasteiger partial charge in [-0.05, 0) is 61.4 Å². The van der Waals surface area contributed by atoms with E-state index in [9.17, 15) is 0 Å². The molecule has 2 aromatic heterocycles. The Hall–Kier alpha value is -3.56. The molecule has 0 atom stereocenters.